The minimum Gasteiger partial charge on any atom is -0.392 e. The number of anilines is 1. The first-order valence-electron chi connectivity index (χ1n) is 5.98. The van der Waals surface area contributed by atoms with Crippen LogP contribution in [0.3, 0.4) is 0 Å². The summed E-state index contributed by atoms with van der Waals surface area (Å²) in [5.41, 5.74) is 6.60. The number of nitrogens with two attached hydrogens (primary N) is 1. The van der Waals surface area contributed by atoms with Gasteiger partial charge in [0.05, 0.1) is 23.1 Å². The Hall–Kier alpha value is -1.67. The van der Waals surface area contributed by atoms with Crippen molar-refractivity contribution in [3.05, 3.63) is 29.2 Å². The summed E-state index contributed by atoms with van der Waals surface area (Å²) in [7, 11) is 0. The second-order valence-electron chi connectivity index (χ2n) is 4.67. The Balaban J connectivity index is 2.17. The number of aliphatic hydroxyl groups excluding tert-OH is 3. The average Bonchev–Trinajstić information content (AvgIpc) is 2.90. The van der Waals surface area contributed by atoms with Gasteiger partial charge in [-0.25, -0.2) is 9.97 Å². The van der Waals surface area contributed by atoms with Crippen molar-refractivity contribution in [1.29, 1.82) is 0 Å². The molecule has 0 unspecified atom stereocenters. The maximum Gasteiger partial charge on any atom is 0.147 e. The average molecular weight is 297 g/mol. The van der Waals surface area contributed by atoms with Crippen LogP contribution >= 0.6 is 11.6 Å². The van der Waals surface area contributed by atoms with Gasteiger partial charge >= 0.3 is 0 Å². The number of rotatable bonds is 2. The minimum absolute atomic E-state index is 0.248. The number of halogens is 1. The van der Waals surface area contributed by atoms with Gasteiger partial charge in [-0.2, -0.15) is 0 Å². The largest absolute Gasteiger partial charge is 0.392 e. The van der Waals surface area contributed by atoms with Gasteiger partial charge in [-0.3, -0.25) is 0 Å². The van der Waals surface area contributed by atoms with E-state index in [1.165, 1.54) is 6.33 Å². The molecule has 0 radical (unpaired) electrons. The number of hydrogen-bond acceptors (Lipinski definition) is 6. The van der Waals surface area contributed by atoms with Gasteiger partial charge in [-0.05, 0) is 5.57 Å². The highest BCUT2D eigenvalue weighted by molar-refractivity contribution is 6.36. The Kier molecular flexibility index (Phi) is 3.14. The summed E-state index contributed by atoms with van der Waals surface area (Å²) in [5.74, 6) is 0.248. The molecule has 0 aromatic carbocycles. The highest BCUT2D eigenvalue weighted by Gasteiger charge is 2.36. The van der Waals surface area contributed by atoms with Gasteiger partial charge in [-0.15, -0.1) is 0 Å². The third kappa shape index (κ3) is 1.79. The molecule has 2 heterocycles. The van der Waals surface area contributed by atoms with Crippen LogP contribution in [-0.4, -0.2) is 48.7 Å². The quantitative estimate of drug-likeness (QED) is 0.573. The minimum atomic E-state index is -1.11. The van der Waals surface area contributed by atoms with Gasteiger partial charge in [-0.1, -0.05) is 17.7 Å². The van der Waals surface area contributed by atoms with Crippen LogP contribution in [0.5, 0.6) is 0 Å². The van der Waals surface area contributed by atoms with Gasteiger partial charge in [0, 0.05) is 6.20 Å². The Morgan fingerprint density at radius 3 is 2.75 bits per heavy atom. The molecular weight excluding hydrogens is 284 g/mol. The van der Waals surface area contributed by atoms with Crippen LogP contribution in [0, 0.1) is 0 Å². The summed E-state index contributed by atoms with van der Waals surface area (Å²) in [6, 6.07) is -0.573. The van der Waals surface area contributed by atoms with Crippen LogP contribution in [0.25, 0.3) is 11.0 Å². The summed E-state index contributed by atoms with van der Waals surface area (Å²) in [4.78, 5) is 8.00. The van der Waals surface area contributed by atoms with E-state index in [9.17, 15) is 10.2 Å². The molecule has 8 heteroatoms. The normalized spacial score (nSPS) is 26.2. The van der Waals surface area contributed by atoms with Crippen molar-refractivity contribution in [2.45, 2.75) is 18.2 Å². The van der Waals surface area contributed by atoms with E-state index in [2.05, 4.69) is 9.97 Å². The summed E-state index contributed by atoms with van der Waals surface area (Å²) < 4.78 is 1.62. The topological polar surface area (TPSA) is 117 Å². The van der Waals surface area contributed by atoms with Crippen LogP contribution in [0.2, 0.25) is 5.02 Å². The van der Waals surface area contributed by atoms with E-state index >= 15 is 0 Å². The van der Waals surface area contributed by atoms with Crippen molar-refractivity contribution < 1.29 is 15.3 Å². The molecule has 0 saturated heterocycles. The van der Waals surface area contributed by atoms with Gasteiger partial charge in [0.25, 0.3) is 0 Å². The van der Waals surface area contributed by atoms with Crippen molar-refractivity contribution in [2.24, 2.45) is 0 Å². The molecule has 0 saturated carbocycles. The second kappa shape index (κ2) is 4.71. The Labute approximate surface area is 118 Å². The smallest absolute Gasteiger partial charge is 0.147 e. The molecule has 2 aromatic rings. The number of aromatic nitrogens is 3. The first-order valence-corrected chi connectivity index (χ1v) is 6.36. The zero-order valence-corrected chi connectivity index (χ0v) is 11.1. The lowest BCUT2D eigenvalue weighted by Crippen LogP contribution is -2.30. The standard InChI is InChI=1S/C12H13ClN4O3/c13-6-2-17(12-8(6)11(14)15-4-16-12)7-1-5(3-18)9(19)10(7)20/h1-2,4,7,9-10,18-20H,3H2,(H2,14,15,16)/t7-,9+,10-/m1/s1. The van der Waals surface area contributed by atoms with Crippen molar-refractivity contribution in [2.75, 3.05) is 12.3 Å². The Morgan fingerprint density at radius 1 is 1.35 bits per heavy atom. The molecule has 0 fully saturated rings. The van der Waals surface area contributed by atoms with Gasteiger partial charge in [0.15, 0.2) is 0 Å². The van der Waals surface area contributed by atoms with E-state index in [0.29, 0.717) is 21.6 Å². The maximum atomic E-state index is 10.1. The summed E-state index contributed by atoms with van der Waals surface area (Å²) >= 11 is 6.12. The van der Waals surface area contributed by atoms with Crippen LogP contribution in [0.15, 0.2) is 24.2 Å². The summed E-state index contributed by atoms with van der Waals surface area (Å²) in [6.07, 6.45) is 2.29. The first-order chi connectivity index (χ1) is 9.54. The molecule has 7 nitrogen and oxygen atoms in total. The first kappa shape index (κ1) is 13.3. The zero-order chi connectivity index (χ0) is 14.4. The molecule has 5 N–H and O–H groups in total. The lowest BCUT2D eigenvalue weighted by Gasteiger charge is -2.19. The third-order valence-corrected chi connectivity index (χ3v) is 3.82. The van der Waals surface area contributed by atoms with E-state index < -0.39 is 18.2 Å². The van der Waals surface area contributed by atoms with E-state index in [4.69, 9.17) is 22.4 Å². The lowest BCUT2D eigenvalue weighted by atomic mass is 10.1. The fourth-order valence-corrected chi connectivity index (χ4v) is 2.79. The molecule has 0 aliphatic heterocycles. The fourth-order valence-electron chi connectivity index (χ4n) is 2.50. The van der Waals surface area contributed by atoms with Crippen molar-refractivity contribution in [1.82, 2.24) is 14.5 Å². The molecule has 1 aliphatic rings. The van der Waals surface area contributed by atoms with Crippen LogP contribution in [0.1, 0.15) is 6.04 Å². The van der Waals surface area contributed by atoms with Crippen LogP contribution in [0.4, 0.5) is 5.82 Å². The Morgan fingerprint density at radius 2 is 2.10 bits per heavy atom. The van der Waals surface area contributed by atoms with Crippen molar-refractivity contribution in [3.8, 4) is 0 Å². The van der Waals surface area contributed by atoms with E-state index in [1.807, 2.05) is 0 Å². The molecule has 3 rings (SSSR count). The number of hydrogen-bond donors (Lipinski definition) is 4. The maximum absolute atomic E-state index is 10.1. The van der Waals surface area contributed by atoms with Crippen molar-refractivity contribution in [3.63, 3.8) is 0 Å². The number of fused-ring (bicyclic) bond motifs is 1. The van der Waals surface area contributed by atoms with E-state index in [-0.39, 0.29) is 12.4 Å². The van der Waals surface area contributed by atoms with Gasteiger partial charge < -0.3 is 25.6 Å². The molecule has 106 valence electrons. The number of aliphatic hydroxyl groups is 3. The predicted molar refractivity (Wildman–Crippen MR) is 73.2 cm³/mol. The Bertz CT molecular complexity index is 699. The number of nitrogen functional groups attached to an aromatic ring is 1. The fraction of sp³-hybridized carbons (Fsp3) is 0.333. The SMILES string of the molecule is Nc1ncnc2c1c(Cl)cn2[C@@H]1C=C(CO)[C@H](O)[C@@H]1O. The molecule has 2 aromatic heterocycles. The van der Waals surface area contributed by atoms with E-state index in [0.717, 1.165) is 0 Å². The van der Waals surface area contributed by atoms with Crippen LogP contribution in [-0.2, 0) is 0 Å². The summed E-state index contributed by atoms with van der Waals surface area (Å²) in [5, 5.41) is 30.0. The van der Waals surface area contributed by atoms with Crippen LogP contribution < -0.4 is 5.73 Å². The highest BCUT2D eigenvalue weighted by Crippen LogP contribution is 2.35. The molecule has 1 aliphatic carbocycles. The zero-order valence-electron chi connectivity index (χ0n) is 10.3. The molecule has 0 amide bonds. The van der Waals surface area contributed by atoms with Gasteiger partial charge in [0.1, 0.15) is 30.0 Å². The van der Waals surface area contributed by atoms with Crippen molar-refractivity contribution >= 4 is 28.5 Å². The third-order valence-electron chi connectivity index (χ3n) is 3.53. The highest BCUT2D eigenvalue weighted by atomic mass is 35.5. The monoisotopic (exact) mass is 296 g/mol. The molecule has 20 heavy (non-hydrogen) atoms. The lowest BCUT2D eigenvalue weighted by molar-refractivity contribution is 0.0288. The molecule has 3 atom stereocenters. The van der Waals surface area contributed by atoms with E-state index in [1.54, 1.807) is 16.8 Å². The predicted octanol–water partition coefficient (Wildman–Crippen LogP) is -0.138. The summed E-state index contributed by atoms with van der Waals surface area (Å²) in [6.45, 7) is -0.321. The second-order valence-corrected chi connectivity index (χ2v) is 5.07. The van der Waals surface area contributed by atoms with Gasteiger partial charge in [0.2, 0.25) is 0 Å². The molecule has 0 spiro atoms. The number of nitrogens with zero attached hydrogens (tertiary/aromatic N) is 3. The molecule has 0 bridgehead atoms. The molecular formula is C12H13ClN4O3.